The predicted octanol–water partition coefficient (Wildman–Crippen LogP) is 5.89. The van der Waals surface area contributed by atoms with E-state index in [1.165, 1.54) is 21.5 Å². The van der Waals surface area contributed by atoms with Gasteiger partial charge in [0.25, 0.3) is 0 Å². The maximum atomic E-state index is 6.23. The van der Waals surface area contributed by atoms with Crippen molar-refractivity contribution in [3.05, 3.63) is 78.9 Å². The van der Waals surface area contributed by atoms with Crippen molar-refractivity contribution in [2.75, 3.05) is 6.61 Å². The smallest absolute Gasteiger partial charge is 0.127 e. The molecule has 3 aromatic carbocycles. The Balaban J connectivity index is 1.70. The van der Waals surface area contributed by atoms with E-state index in [0.29, 0.717) is 6.61 Å². The third kappa shape index (κ3) is 2.75. The molecule has 1 heteroatoms. The number of allylic oxidation sites excluding steroid dienone is 3. The van der Waals surface area contributed by atoms with Gasteiger partial charge in [0.2, 0.25) is 0 Å². The quantitative estimate of drug-likeness (QED) is 0.548. The fraction of sp³-hybridized carbons (Fsp3) is 0.182. The molecule has 114 valence electrons. The molecule has 4 rings (SSSR count). The minimum absolute atomic E-state index is 0.0771. The SMILES string of the molecule is CC1(COc2cccc3cc4ccccc4cc23)C=CC=CC1. The number of fused-ring (bicyclic) bond motifs is 2. The summed E-state index contributed by atoms with van der Waals surface area (Å²) in [6.45, 7) is 2.94. The molecule has 0 heterocycles. The second kappa shape index (κ2) is 5.58. The summed E-state index contributed by atoms with van der Waals surface area (Å²) < 4.78 is 6.23. The van der Waals surface area contributed by atoms with Crippen LogP contribution in [0.15, 0.2) is 78.9 Å². The number of rotatable bonds is 3. The molecule has 0 bridgehead atoms. The minimum Gasteiger partial charge on any atom is -0.492 e. The second-order valence-corrected chi connectivity index (χ2v) is 6.61. The van der Waals surface area contributed by atoms with E-state index in [2.05, 4.69) is 85.8 Å². The van der Waals surface area contributed by atoms with Crippen molar-refractivity contribution in [2.45, 2.75) is 13.3 Å². The summed E-state index contributed by atoms with van der Waals surface area (Å²) in [5.74, 6) is 0.970. The lowest BCUT2D eigenvalue weighted by molar-refractivity contribution is 0.209. The summed E-state index contributed by atoms with van der Waals surface area (Å²) in [4.78, 5) is 0. The molecule has 0 radical (unpaired) electrons. The number of hydrogen-bond donors (Lipinski definition) is 0. The average Bonchev–Trinajstić information content (AvgIpc) is 2.59. The van der Waals surface area contributed by atoms with Gasteiger partial charge in [-0.3, -0.25) is 0 Å². The van der Waals surface area contributed by atoms with Crippen LogP contribution in [0.3, 0.4) is 0 Å². The third-order valence-electron chi connectivity index (χ3n) is 4.59. The van der Waals surface area contributed by atoms with E-state index in [4.69, 9.17) is 4.74 Å². The van der Waals surface area contributed by atoms with Gasteiger partial charge in [0, 0.05) is 10.8 Å². The molecule has 3 aromatic rings. The predicted molar refractivity (Wildman–Crippen MR) is 98.0 cm³/mol. The van der Waals surface area contributed by atoms with E-state index in [1.807, 2.05) is 0 Å². The van der Waals surface area contributed by atoms with Crippen molar-refractivity contribution >= 4 is 21.5 Å². The van der Waals surface area contributed by atoms with Gasteiger partial charge >= 0.3 is 0 Å². The normalized spacial score (nSPS) is 20.2. The van der Waals surface area contributed by atoms with Crippen molar-refractivity contribution in [1.82, 2.24) is 0 Å². The van der Waals surface area contributed by atoms with Crippen LogP contribution in [-0.4, -0.2) is 6.61 Å². The molecule has 1 unspecified atom stereocenters. The van der Waals surface area contributed by atoms with Crippen LogP contribution in [0.4, 0.5) is 0 Å². The molecule has 23 heavy (non-hydrogen) atoms. The number of ether oxygens (including phenoxy) is 1. The summed E-state index contributed by atoms with van der Waals surface area (Å²) in [6.07, 6.45) is 9.69. The van der Waals surface area contributed by atoms with Gasteiger partial charge in [-0.1, -0.05) is 67.6 Å². The second-order valence-electron chi connectivity index (χ2n) is 6.61. The fourth-order valence-electron chi connectivity index (χ4n) is 3.19. The van der Waals surface area contributed by atoms with Gasteiger partial charge in [0.15, 0.2) is 0 Å². The van der Waals surface area contributed by atoms with Crippen molar-refractivity contribution in [3.8, 4) is 5.75 Å². The lowest BCUT2D eigenvalue weighted by atomic mass is 9.85. The monoisotopic (exact) mass is 300 g/mol. The highest BCUT2D eigenvalue weighted by Crippen LogP contribution is 2.33. The Morgan fingerprint density at radius 1 is 0.913 bits per heavy atom. The summed E-state index contributed by atoms with van der Waals surface area (Å²) in [6, 6.07) is 19.2. The molecule has 0 saturated carbocycles. The van der Waals surface area contributed by atoms with Crippen LogP contribution >= 0.6 is 0 Å². The van der Waals surface area contributed by atoms with Gasteiger partial charge in [-0.2, -0.15) is 0 Å². The lowest BCUT2D eigenvalue weighted by Crippen LogP contribution is -2.23. The van der Waals surface area contributed by atoms with E-state index in [0.717, 1.165) is 12.2 Å². The van der Waals surface area contributed by atoms with Crippen molar-refractivity contribution < 1.29 is 4.74 Å². The third-order valence-corrected chi connectivity index (χ3v) is 4.59. The van der Waals surface area contributed by atoms with Crippen LogP contribution in [0, 0.1) is 5.41 Å². The van der Waals surface area contributed by atoms with Crippen molar-refractivity contribution in [2.24, 2.45) is 5.41 Å². The number of hydrogen-bond acceptors (Lipinski definition) is 1. The Morgan fingerprint density at radius 3 is 2.48 bits per heavy atom. The van der Waals surface area contributed by atoms with E-state index in [-0.39, 0.29) is 5.41 Å². The van der Waals surface area contributed by atoms with Gasteiger partial charge < -0.3 is 4.74 Å². The van der Waals surface area contributed by atoms with Crippen molar-refractivity contribution in [1.29, 1.82) is 0 Å². The standard InChI is InChI=1S/C22H20O/c1-22(12-5-2-6-13-22)16-23-21-11-7-10-19-14-17-8-3-4-9-18(17)15-20(19)21/h2-12,14-15H,13,16H2,1H3. The van der Waals surface area contributed by atoms with E-state index in [1.54, 1.807) is 0 Å². The fourth-order valence-corrected chi connectivity index (χ4v) is 3.19. The molecule has 0 N–H and O–H groups in total. The molecule has 0 saturated heterocycles. The minimum atomic E-state index is 0.0771. The molecule has 0 aromatic heterocycles. The van der Waals surface area contributed by atoms with Crippen LogP contribution in [-0.2, 0) is 0 Å². The maximum Gasteiger partial charge on any atom is 0.127 e. The number of benzene rings is 3. The zero-order chi connectivity index (χ0) is 15.7. The Morgan fingerprint density at radius 2 is 1.70 bits per heavy atom. The maximum absolute atomic E-state index is 6.23. The van der Waals surface area contributed by atoms with Crippen LogP contribution in [0.25, 0.3) is 21.5 Å². The highest BCUT2D eigenvalue weighted by molar-refractivity contribution is 6.00. The van der Waals surface area contributed by atoms with Crippen LogP contribution in [0.1, 0.15) is 13.3 Å². The zero-order valence-corrected chi connectivity index (χ0v) is 13.3. The zero-order valence-electron chi connectivity index (χ0n) is 13.3. The topological polar surface area (TPSA) is 9.23 Å². The summed E-state index contributed by atoms with van der Waals surface area (Å²) in [5, 5.41) is 4.93. The highest BCUT2D eigenvalue weighted by atomic mass is 16.5. The summed E-state index contributed by atoms with van der Waals surface area (Å²) in [7, 11) is 0. The Labute approximate surface area is 136 Å². The molecule has 0 spiro atoms. The highest BCUT2D eigenvalue weighted by Gasteiger charge is 2.22. The molecular weight excluding hydrogens is 280 g/mol. The molecule has 1 atom stereocenters. The molecular formula is C22H20O. The first-order valence-corrected chi connectivity index (χ1v) is 8.12. The van der Waals surface area contributed by atoms with Crippen LogP contribution < -0.4 is 4.74 Å². The Bertz CT molecular complexity index is 920. The largest absolute Gasteiger partial charge is 0.492 e. The van der Waals surface area contributed by atoms with Gasteiger partial charge in [0.1, 0.15) is 5.75 Å². The first kappa shape index (κ1) is 14.1. The first-order chi connectivity index (χ1) is 11.2. The molecule has 1 aliphatic carbocycles. The Kier molecular flexibility index (Phi) is 3.42. The molecule has 1 nitrogen and oxygen atoms in total. The summed E-state index contributed by atoms with van der Waals surface area (Å²) in [5.41, 5.74) is 0.0771. The molecule has 1 aliphatic rings. The van der Waals surface area contributed by atoms with E-state index in [9.17, 15) is 0 Å². The molecule has 0 fully saturated rings. The molecule has 0 amide bonds. The van der Waals surface area contributed by atoms with Crippen molar-refractivity contribution in [3.63, 3.8) is 0 Å². The van der Waals surface area contributed by atoms with E-state index >= 15 is 0 Å². The lowest BCUT2D eigenvalue weighted by Gasteiger charge is -2.26. The van der Waals surface area contributed by atoms with Gasteiger partial charge in [-0.15, -0.1) is 0 Å². The Hall–Kier alpha value is -2.54. The van der Waals surface area contributed by atoms with Crippen LogP contribution in [0.5, 0.6) is 5.75 Å². The van der Waals surface area contributed by atoms with E-state index < -0.39 is 0 Å². The van der Waals surface area contributed by atoms with Gasteiger partial charge in [-0.05, 0) is 40.8 Å². The summed E-state index contributed by atoms with van der Waals surface area (Å²) >= 11 is 0. The van der Waals surface area contributed by atoms with Gasteiger partial charge in [-0.25, -0.2) is 0 Å². The van der Waals surface area contributed by atoms with Crippen LogP contribution in [0.2, 0.25) is 0 Å². The first-order valence-electron chi connectivity index (χ1n) is 8.12. The molecule has 0 aliphatic heterocycles. The average molecular weight is 300 g/mol. The van der Waals surface area contributed by atoms with Gasteiger partial charge in [0.05, 0.1) is 6.61 Å².